The average Bonchev–Trinajstić information content (AvgIpc) is 3.03. The Labute approximate surface area is 182 Å². The zero-order chi connectivity index (χ0) is 23.0. The SMILES string of the molecule is CCCn1c(C)cc(/C=C(\C#N)C(=O)OCC(=O)N2CCN(C(=O)OCC)CC2)c1C. The van der Waals surface area contributed by atoms with Crippen LogP contribution in [0.25, 0.3) is 6.08 Å². The molecule has 2 heterocycles. The fraction of sp³-hybridized carbons (Fsp3) is 0.545. The number of hydrogen-bond donors (Lipinski definition) is 0. The summed E-state index contributed by atoms with van der Waals surface area (Å²) in [5.41, 5.74) is 2.64. The highest BCUT2D eigenvalue weighted by Gasteiger charge is 2.25. The molecule has 9 nitrogen and oxygen atoms in total. The van der Waals surface area contributed by atoms with Gasteiger partial charge in [-0.25, -0.2) is 9.59 Å². The quantitative estimate of drug-likeness (QED) is 0.373. The molecule has 9 heteroatoms. The molecule has 1 aromatic rings. The second-order valence-electron chi connectivity index (χ2n) is 7.29. The molecule has 2 amide bonds. The summed E-state index contributed by atoms with van der Waals surface area (Å²) in [5.74, 6) is -1.20. The topological polar surface area (TPSA) is 105 Å². The summed E-state index contributed by atoms with van der Waals surface area (Å²) in [4.78, 5) is 39.5. The predicted molar refractivity (Wildman–Crippen MR) is 114 cm³/mol. The average molecular weight is 431 g/mol. The van der Waals surface area contributed by atoms with Gasteiger partial charge in [-0.15, -0.1) is 0 Å². The number of carbonyl (C=O) groups excluding carboxylic acids is 3. The zero-order valence-electron chi connectivity index (χ0n) is 18.6. The molecule has 1 fully saturated rings. The Morgan fingerprint density at radius 3 is 2.32 bits per heavy atom. The summed E-state index contributed by atoms with van der Waals surface area (Å²) in [5, 5.41) is 9.40. The van der Waals surface area contributed by atoms with E-state index in [4.69, 9.17) is 9.47 Å². The Balaban J connectivity index is 1.93. The molecule has 1 aliphatic rings. The minimum atomic E-state index is -0.832. The number of aryl methyl sites for hydroxylation is 1. The number of ether oxygens (including phenoxy) is 2. The van der Waals surface area contributed by atoms with Gasteiger partial charge in [-0.1, -0.05) is 6.92 Å². The van der Waals surface area contributed by atoms with Crippen molar-refractivity contribution in [3.63, 3.8) is 0 Å². The first kappa shape index (κ1) is 24.0. The summed E-state index contributed by atoms with van der Waals surface area (Å²) in [6.07, 6.45) is 2.07. The maximum absolute atomic E-state index is 12.4. The van der Waals surface area contributed by atoms with E-state index in [0.29, 0.717) is 32.8 Å². The minimum Gasteiger partial charge on any atom is -0.451 e. The van der Waals surface area contributed by atoms with Crippen molar-refractivity contribution in [1.29, 1.82) is 5.26 Å². The van der Waals surface area contributed by atoms with Crippen molar-refractivity contribution in [2.45, 2.75) is 40.7 Å². The van der Waals surface area contributed by atoms with Crippen molar-refractivity contribution in [3.05, 3.63) is 28.6 Å². The molecule has 0 saturated carbocycles. The summed E-state index contributed by atoms with van der Waals surface area (Å²) < 4.78 is 12.2. The third kappa shape index (κ3) is 6.10. The molecule has 1 saturated heterocycles. The Hall–Kier alpha value is -3.28. The van der Waals surface area contributed by atoms with Gasteiger partial charge in [-0.2, -0.15) is 5.26 Å². The van der Waals surface area contributed by atoms with Crippen LogP contribution < -0.4 is 0 Å². The van der Waals surface area contributed by atoms with Crippen LogP contribution in [0.2, 0.25) is 0 Å². The van der Waals surface area contributed by atoms with Crippen LogP contribution in [-0.2, 0) is 25.6 Å². The first-order valence-electron chi connectivity index (χ1n) is 10.5. The van der Waals surface area contributed by atoms with Crippen molar-refractivity contribution in [2.24, 2.45) is 0 Å². The Morgan fingerprint density at radius 1 is 1.10 bits per heavy atom. The van der Waals surface area contributed by atoms with E-state index in [1.54, 1.807) is 6.92 Å². The van der Waals surface area contributed by atoms with Gasteiger partial charge in [0.15, 0.2) is 6.61 Å². The first-order valence-corrected chi connectivity index (χ1v) is 10.5. The maximum Gasteiger partial charge on any atom is 0.409 e. The molecule has 0 unspecified atom stereocenters. The molecule has 1 aliphatic heterocycles. The first-order chi connectivity index (χ1) is 14.8. The maximum atomic E-state index is 12.4. The van der Waals surface area contributed by atoms with Crippen molar-refractivity contribution < 1.29 is 23.9 Å². The molecule has 0 atom stereocenters. The Morgan fingerprint density at radius 2 is 1.74 bits per heavy atom. The van der Waals surface area contributed by atoms with Crippen LogP contribution in [0.5, 0.6) is 0 Å². The minimum absolute atomic E-state index is 0.156. The van der Waals surface area contributed by atoms with E-state index >= 15 is 0 Å². The van der Waals surface area contributed by atoms with Gasteiger partial charge in [0, 0.05) is 44.1 Å². The Bertz CT molecular complexity index is 888. The number of piperazine rings is 1. The van der Waals surface area contributed by atoms with Gasteiger partial charge in [0.2, 0.25) is 0 Å². The predicted octanol–water partition coefficient (Wildman–Crippen LogP) is 2.27. The highest BCUT2D eigenvalue weighted by Crippen LogP contribution is 2.19. The van der Waals surface area contributed by atoms with Crippen molar-refractivity contribution in [1.82, 2.24) is 14.4 Å². The highest BCUT2D eigenvalue weighted by atomic mass is 16.6. The number of nitriles is 1. The molecular weight excluding hydrogens is 400 g/mol. The highest BCUT2D eigenvalue weighted by molar-refractivity contribution is 5.99. The molecular formula is C22H30N4O5. The summed E-state index contributed by atoms with van der Waals surface area (Å²) in [7, 11) is 0. The number of rotatable bonds is 7. The van der Waals surface area contributed by atoms with Gasteiger partial charge in [0.1, 0.15) is 11.6 Å². The number of aromatic nitrogens is 1. The zero-order valence-corrected chi connectivity index (χ0v) is 18.6. The fourth-order valence-electron chi connectivity index (χ4n) is 3.48. The molecule has 0 aromatic carbocycles. The lowest BCUT2D eigenvalue weighted by molar-refractivity contribution is -0.149. The van der Waals surface area contributed by atoms with E-state index < -0.39 is 18.7 Å². The van der Waals surface area contributed by atoms with Crippen LogP contribution >= 0.6 is 0 Å². The summed E-state index contributed by atoms with van der Waals surface area (Å²) in [6, 6.07) is 3.79. The molecule has 0 spiro atoms. The van der Waals surface area contributed by atoms with Crippen LogP contribution in [-0.4, -0.2) is 71.7 Å². The van der Waals surface area contributed by atoms with Gasteiger partial charge < -0.3 is 23.8 Å². The van der Waals surface area contributed by atoms with Gasteiger partial charge in [-0.3, -0.25) is 4.79 Å². The van der Waals surface area contributed by atoms with Crippen molar-refractivity contribution >= 4 is 24.0 Å². The fourth-order valence-corrected chi connectivity index (χ4v) is 3.48. The van der Waals surface area contributed by atoms with Crippen molar-refractivity contribution in [2.75, 3.05) is 39.4 Å². The van der Waals surface area contributed by atoms with E-state index in [2.05, 4.69) is 11.5 Å². The normalized spacial score (nSPS) is 14.2. The Kier molecular flexibility index (Phi) is 8.67. The van der Waals surface area contributed by atoms with E-state index in [0.717, 1.165) is 29.9 Å². The number of hydrogen-bond acceptors (Lipinski definition) is 6. The van der Waals surface area contributed by atoms with Crippen molar-refractivity contribution in [3.8, 4) is 6.07 Å². The second-order valence-corrected chi connectivity index (χ2v) is 7.29. The monoisotopic (exact) mass is 430 g/mol. The van der Waals surface area contributed by atoms with Gasteiger partial charge in [-0.05, 0) is 44.9 Å². The number of carbonyl (C=O) groups is 3. The molecule has 31 heavy (non-hydrogen) atoms. The second kappa shape index (κ2) is 11.2. The molecule has 168 valence electrons. The van der Waals surface area contributed by atoms with Crippen LogP contribution in [0, 0.1) is 25.2 Å². The molecule has 0 aliphatic carbocycles. The standard InChI is InChI=1S/C22H30N4O5/c1-5-7-26-16(3)12-18(17(26)4)13-19(14-23)21(28)31-15-20(27)24-8-10-25(11-9-24)22(29)30-6-2/h12-13H,5-11,15H2,1-4H3/b19-13+. The third-order valence-corrected chi connectivity index (χ3v) is 5.19. The summed E-state index contributed by atoms with van der Waals surface area (Å²) >= 11 is 0. The van der Waals surface area contributed by atoms with Gasteiger partial charge >= 0.3 is 12.1 Å². The number of esters is 1. The lowest BCUT2D eigenvalue weighted by atomic mass is 10.1. The van der Waals surface area contributed by atoms with Crippen LogP contribution in [0.1, 0.15) is 37.2 Å². The molecule has 0 bridgehead atoms. The molecule has 1 aromatic heterocycles. The molecule has 0 N–H and O–H groups in total. The van der Waals surface area contributed by atoms with E-state index in [1.807, 2.05) is 26.0 Å². The lowest BCUT2D eigenvalue weighted by Gasteiger charge is -2.33. The summed E-state index contributed by atoms with van der Waals surface area (Å²) in [6.45, 7) is 9.81. The van der Waals surface area contributed by atoms with Crippen LogP contribution in [0.3, 0.4) is 0 Å². The van der Waals surface area contributed by atoms with E-state index in [9.17, 15) is 19.6 Å². The molecule has 2 rings (SSSR count). The van der Waals surface area contributed by atoms with Gasteiger partial charge in [0.05, 0.1) is 6.61 Å². The van der Waals surface area contributed by atoms with E-state index in [1.165, 1.54) is 15.9 Å². The smallest absolute Gasteiger partial charge is 0.409 e. The lowest BCUT2D eigenvalue weighted by Crippen LogP contribution is -2.51. The van der Waals surface area contributed by atoms with Crippen LogP contribution in [0.15, 0.2) is 11.6 Å². The van der Waals surface area contributed by atoms with Crippen LogP contribution in [0.4, 0.5) is 4.79 Å². The third-order valence-electron chi connectivity index (χ3n) is 5.19. The van der Waals surface area contributed by atoms with Gasteiger partial charge in [0.25, 0.3) is 5.91 Å². The largest absolute Gasteiger partial charge is 0.451 e. The number of nitrogens with zero attached hydrogens (tertiary/aromatic N) is 4. The number of amides is 2. The molecule has 0 radical (unpaired) electrons. The van der Waals surface area contributed by atoms with E-state index in [-0.39, 0.29) is 11.5 Å².